The van der Waals surface area contributed by atoms with Gasteiger partial charge < -0.3 is 0 Å². The number of nitrogens with one attached hydrogen (secondary N) is 1. The second kappa shape index (κ2) is 7.20. The number of aryl methyl sites for hydroxylation is 2. The van der Waals surface area contributed by atoms with Crippen LogP contribution in [0.5, 0.6) is 0 Å². The molecule has 0 unspecified atom stereocenters. The number of primary sulfonamides is 1. The predicted molar refractivity (Wildman–Crippen MR) is 99.2 cm³/mol. The van der Waals surface area contributed by atoms with Crippen molar-refractivity contribution in [2.75, 3.05) is 5.32 Å². The standard InChI is InChI=1S/C15H15Cl2N3O3S2/c16-9-7-10(17)13(25(18,22)23)6-8(9)14(21)20-15-19-11-4-2-1-3-5-12(11)24-15/h6-7H,1-5H2,(H2,18,22,23)(H,19,20,21). The largest absolute Gasteiger partial charge is 0.298 e. The molecule has 0 atom stereocenters. The summed E-state index contributed by atoms with van der Waals surface area (Å²) >= 11 is 13.3. The van der Waals surface area contributed by atoms with Crippen LogP contribution in [0.25, 0.3) is 0 Å². The first kappa shape index (κ1) is 18.6. The summed E-state index contributed by atoms with van der Waals surface area (Å²) in [6.07, 6.45) is 5.24. The first-order valence-electron chi connectivity index (χ1n) is 7.57. The summed E-state index contributed by atoms with van der Waals surface area (Å²) in [5, 5.41) is 8.17. The lowest BCUT2D eigenvalue weighted by Gasteiger charge is -2.08. The zero-order chi connectivity index (χ0) is 18.2. The van der Waals surface area contributed by atoms with Crippen LogP contribution in [-0.2, 0) is 22.9 Å². The molecule has 1 heterocycles. The zero-order valence-corrected chi connectivity index (χ0v) is 16.2. The van der Waals surface area contributed by atoms with Crippen molar-refractivity contribution < 1.29 is 13.2 Å². The van der Waals surface area contributed by atoms with Crippen molar-refractivity contribution in [3.8, 4) is 0 Å². The summed E-state index contributed by atoms with van der Waals surface area (Å²) < 4.78 is 23.1. The van der Waals surface area contributed by atoms with Gasteiger partial charge in [-0.15, -0.1) is 11.3 Å². The van der Waals surface area contributed by atoms with E-state index in [9.17, 15) is 13.2 Å². The maximum Gasteiger partial charge on any atom is 0.259 e. The minimum atomic E-state index is -4.07. The maximum atomic E-state index is 12.5. The topological polar surface area (TPSA) is 102 Å². The smallest absolute Gasteiger partial charge is 0.259 e. The van der Waals surface area contributed by atoms with Crippen molar-refractivity contribution in [2.45, 2.75) is 37.0 Å². The zero-order valence-electron chi connectivity index (χ0n) is 13.0. The molecule has 2 aromatic rings. The van der Waals surface area contributed by atoms with Crippen LogP contribution < -0.4 is 10.5 Å². The molecule has 0 radical (unpaired) electrons. The molecule has 10 heteroatoms. The van der Waals surface area contributed by atoms with Crippen LogP contribution in [0.4, 0.5) is 5.13 Å². The fourth-order valence-corrected chi connectivity index (χ4v) is 5.12. The number of rotatable bonds is 3. The second-order valence-electron chi connectivity index (χ2n) is 5.71. The van der Waals surface area contributed by atoms with E-state index >= 15 is 0 Å². The summed E-state index contributed by atoms with van der Waals surface area (Å²) in [7, 11) is -4.07. The third-order valence-corrected chi connectivity index (χ3v) is 6.65. The lowest BCUT2D eigenvalue weighted by atomic mass is 10.2. The maximum absolute atomic E-state index is 12.5. The van der Waals surface area contributed by atoms with Gasteiger partial charge in [0.2, 0.25) is 10.0 Å². The van der Waals surface area contributed by atoms with E-state index in [2.05, 4.69) is 10.3 Å². The average Bonchev–Trinajstić information content (AvgIpc) is 2.74. The Morgan fingerprint density at radius 2 is 1.88 bits per heavy atom. The highest BCUT2D eigenvalue weighted by atomic mass is 35.5. The number of halogens is 2. The number of fused-ring (bicyclic) bond motifs is 1. The molecule has 0 saturated heterocycles. The van der Waals surface area contributed by atoms with Crippen molar-refractivity contribution in [3.05, 3.63) is 38.3 Å². The van der Waals surface area contributed by atoms with Gasteiger partial charge in [0.1, 0.15) is 4.90 Å². The molecule has 1 aromatic carbocycles. The van der Waals surface area contributed by atoms with Crippen LogP contribution in [0.1, 0.15) is 40.2 Å². The summed E-state index contributed by atoms with van der Waals surface area (Å²) in [4.78, 5) is 17.8. The number of hydrogen-bond acceptors (Lipinski definition) is 5. The molecule has 3 rings (SSSR count). The summed E-state index contributed by atoms with van der Waals surface area (Å²) in [6, 6.07) is 2.27. The van der Waals surface area contributed by atoms with Gasteiger partial charge in [-0.3, -0.25) is 10.1 Å². The van der Waals surface area contributed by atoms with Crippen molar-refractivity contribution in [1.82, 2.24) is 4.98 Å². The van der Waals surface area contributed by atoms with Crippen LogP contribution in [-0.4, -0.2) is 19.3 Å². The highest BCUT2D eigenvalue weighted by Crippen LogP contribution is 2.31. The number of nitrogens with zero attached hydrogens (tertiary/aromatic N) is 1. The number of nitrogens with two attached hydrogens (primary N) is 1. The molecule has 25 heavy (non-hydrogen) atoms. The van der Waals surface area contributed by atoms with E-state index in [1.807, 2.05) is 0 Å². The molecule has 3 N–H and O–H groups in total. The van der Waals surface area contributed by atoms with Gasteiger partial charge in [-0.25, -0.2) is 18.5 Å². The fraction of sp³-hybridized carbons (Fsp3) is 0.333. The molecular formula is C15H15Cl2N3O3S2. The van der Waals surface area contributed by atoms with E-state index in [-0.39, 0.29) is 20.5 Å². The Balaban J connectivity index is 1.89. The van der Waals surface area contributed by atoms with Crippen molar-refractivity contribution in [2.24, 2.45) is 5.14 Å². The molecule has 134 valence electrons. The van der Waals surface area contributed by atoms with Gasteiger partial charge in [0, 0.05) is 4.88 Å². The molecule has 0 fully saturated rings. The normalized spacial score (nSPS) is 14.7. The third kappa shape index (κ3) is 4.15. The molecule has 1 aromatic heterocycles. The Hall–Kier alpha value is -1.19. The van der Waals surface area contributed by atoms with Gasteiger partial charge >= 0.3 is 0 Å². The number of aromatic nitrogens is 1. The Morgan fingerprint density at radius 1 is 1.16 bits per heavy atom. The number of anilines is 1. The fourth-order valence-electron chi connectivity index (χ4n) is 2.67. The van der Waals surface area contributed by atoms with Gasteiger partial charge in [-0.1, -0.05) is 29.6 Å². The number of amides is 1. The predicted octanol–water partition coefficient (Wildman–Crippen LogP) is 3.62. The molecule has 6 nitrogen and oxygen atoms in total. The Labute approximate surface area is 159 Å². The third-order valence-electron chi connectivity index (χ3n) is 3.89. The summed E-state index contributed by atoms with van der Waals surface area (Å²) in [5.41, 5.74) is 0.991. The van der Waals surface area contributed by atoms with E-state index in [0.29, 0.717) is 5.13 Å². The van der Waals surface area contributed by atoms with Crippen LogP contribution in [0.2, 0.25) is 10.0 Å². The molecular weight excluding hydrogens is 405 g/mol. The Kier molecular flexibility index (Phi) is 5.36. The monoisotopic (exact) mass is 419 g/mol. The molecule has 1 amide bonds. The lowest BCUT2D eigenvalue weighted by Crippen LogP contribution is -2.17. The van der Waals surface area contributed by atoms with Crippen molar-refractivity contribution in [1.29, 1.82) is 0 Å². The van der Waals surface area contributed by atoms with Crippen LogP contribution in [0, 0.1) is 0 Å². The molecule has 0 saturated carbocycles. The number of thiazole rings is 1. The van der Waals surface area contributed by atoms with Gasteiger partial charge in [-0.05, 0) is 37.8 Å². The summed E-state index contributed by atoms with van der Waals surface area (Å²) in [5.74, 6) is -0.560. The number of hydrogen-bond donors (Lipinski definition) is 2. The van der Waals surface area contributed by atoms with Crippen LogP contribution >= 0.6 is 34.5 Å². The lowest BCUT2D eigenvalue weighted by molar-refractivity contribution is 0.102. The number of carbonyl (C=O) groups is 1. The molecule has 0 spiro atoms. The van der Waals surface area contributed by atoms with Gasteiger partial charge in [0.25, 0.3) is 5.91 Å². The Morgan fingerprint density at radius 3 is 2.60 bits per heavy atom. The van der Waals surface area contributed by atoms with Gasteiger partial charge in [-0.2, -0.15) is 0 Å². The quantitative estimate of drug-likeness (QED) is 0.741. The molecule has 1 aliphatic carbocycles. The van der Waals surface area contributed by atoms with Crippen molar-refractivity contribution in [3.63, 3.8) is 0 Å². The average molecular weight is 420 g/mol. The number of sulfonamides is 1. The summed E-state index contributed by atoms with van der Waals surface area (Å²) in [6.45, 7) is 0. The first-order valence-corrected chi connectivity index (χ1v) is 10.7. The highest BCUT2D eigenvalue weighted by molar-refractivity contribution is 7.89. The SMILES string of the molecule is NS(=O)(=O)c1cc(C(=O)Nc2nc3c(s2)CCCCC3)c(Cl)cc1Cl. The first-order chi connectivity index (χ1) is 11.8. The minimum absolute atomic E-state index is 0.0273. The van der Waals surface area contributed by atoms with E-state index in [1.54, 1.807) is 0 Å². The van der Waals surface area contributed by atoms with Gasteiger partial charge in [0.05, 0.1) is 21.3 Å². The van der Waals surface area contributed by atoms with Crippen molar-refractivity contribution >= 4 is 55.6 Å². The minimum Gasteiger partial charge on any atom is -0.298 e. The van der Waals surface area contributed by atoms with E-state index in [4.69, 9.17) is 28.3 Å². The Bertz CT molecular complexity index is 918. The van der Waals surface area contributed by atoms with E-state index in [0.717, 1.165) is 37.4 Å². The van der Waals surface area contributed by atoms with E-state index in [1.165, 1.54) is 28.7 Å². The van der Waals surface area contributed by atoms with Crippen LogP contribution in [0.15, 0.2) is 17.0 Å². The van der Waals surface area contributed by atoms with E-state index < -0.39 is 15.9 Å². The molecule has 1 aliphatic rings. The van der Waals surface area contributed by atoms with Crippen LogP contribution in [0.3, 0.4) is 0 Å². The highest BCUT2D eigenvalue weighted by Gasteiger charge is 2.21. The van der Waals surface area contributed by atoms with Gasteiger partial charge in [0.15, 0.2) is 5.13 Å². The second-order valence-corrected chi connectivity index (χ2v) is 9.14. The number of carbonyl (C=O) groups excluding carboxylic acids is 1. The number of benzene rings is 1. The molecule has 0 bridgehead atoms. The molecule has 0 aliphatic heterocycles.